The second kappa shape index (κ2) is 6.81. The molecular weight excluding hydrogens is 278 g/mol. The Morgan fingerprint density at radius 2 is 1.68 bits per heavy atom. The normalized spacial score (nSPS) is 24.4. The largest absolute Gasteiger partial charge is 0.334 e. The topological polar surface area (TPSA) is 70.2 Å². The summed E-state index contributed by atoms with van der Waals surface area (Å²) in [5, 5.41) is 2.91. The van der Waals surface area contributed by atoms with E-state index in [0.29, 0.717) is 0 Å². The smallest absolute Gasteiger partial charge is 0.333 e. The number of hydrogen-bond donors (Lipinski definition) is 3. The van der Waals surface area contributed by atoms with E-state index in [2.05, 4.69) is 16.2 Å². The third kappa shape index (κ3) is 3.78. The van der Waals surface area contributed by atoms with Crippen LogP contribution in [0.2, 0.25) is 0 Å². The lowest BCUT2D eigenvalue weighted by atomic mass is 9.96. The van der Waals surface area contributed by atoms with E-state index in [1.165, 1.54) is 12.0 Å². The van der Waals surface area contributed by atoms with Crippen molar-refractivity contribution in [3.8, 4) is 0 Å². The van der Waals surface area contributed by atoms with Gasteiger partial charge in [0.15, 0.2) is 0 Å². The fourth-order valence-corrected chi connectivity index (χ4v) is 3.23. The number of nitrogens with one attached hydrogen (secondary N) is 3. The Kier molecular flexibility index (Phi) is 4.61. The lowest BCUT2D eigenvalue weighted by Gasteiger charge is -2.22. The van der Waals surface area contributed by atoms with Gasteiger partial charge in [0, 0.05) is 12.0 Å². The van der Waals surface area contributed by atoms with E-state index < -0.39 is 0 Å². The van der Waals surface area contributed by atoms with Gasteiger partial charge in [-0.3, -0.25) is 10.2 Å². The number of urea groups is 1. The number of carbonyl (C=O) groups is 2. The first-order chi connectivity index (χ1) is 10.7. The average Bonchev–Trinajstić information content (AvgIpc) is 3.35. The first-order valence-electron chi connectivity index (χ1n) is 8.15. The molecule has 0 radical (unpaired) electrons. The van der Waals surface area contributed by atoms with Crippen LogP contribution in [0.1, 0.15) is 50.0 Å². The Bertz CT molecular complexity index is 526. The van der Waals surface area contributed by atoms with Crippen LogP contribution in [-0.2, 0) is 4.79 Å². The zero-order chi connectivity index (χ0) is 15.4. The monoisotopic (exact) mass is 301 g/mol. The van der Waals surface area contributed by atoms with Crippen LogP contribution in [-0.4, -0.2) is 18.0 Å². The van der Waals surface area contributed by atoms with Gasteiger partial charge in [-0.05, 0) is 30.7 Å². The first-order valence-corrected chi connectivity index (χ1v) is 8.15. The van der Waals surface area contributed by atoms with Crippen LogP contribution in [0.25, 0.3) is 0 Å². The van der Waals surface area contributed by atoms with E-state index in [9.17, 15) is 9.59 Å². The predicted molar refractivity (Wildman–Crippen MR) is 84.0 cm³/mol. The highest BCUT2D eigenvalue weighted by molar-refractivity contribution is 5.85. The molecule has 118 valence electrons. The highest BCUT2D eigenvalue weighted by atomic mass is 16.2. The maximum Gasteiger partial charge on any atom is 0.333 e. The third-order valence-corrected chi connectivity index (χ3v) is 4.59. The minimum Gasteiger partial charge on any atom is -0.334 e. The molecule has 2 saturated carbocycles. The standard InChI is InChI=1S/C17H23N3O2/c21-16(15-11-14(15)12-7-3-1-4-8-12)19-20-17(22)18-13-9-5-2-6-10-13/h1,3-4,7-8,13-15H,2,5-6,9-11H2,(H,19,21)(H2,18,20,22)/t14-,15-/m1/s1. The molecule has 0 bridgehead atoms. The van der Waals surface area contributed by atoms with Crippen LogP contribution in [0.4, 0.5) is 4.79 Å². The van der Waals surface area contributed by atoms with Crippen LogP contribution in [0.3, 0.4) is 0 Å². The Hall–Kier alpha value is -2.04. The summed E-state index contributed by atoms with van der Waals surface area (Å²) in [4.78, 5) is 23.8. The molecule has 2 aliphatic carbocycles. The molecule has 22 heavy (non-hydrogen) atoms. The third-order valence-electron chi connectivity index (χ3n) is 4.59. The van der Waals surface area contributed by atoms with Crippen molar-refractivity contribution in [2.75, 3.05) is 0 Å². The van der Waals surface area contributed by atoms with Crippen LogP contribution in [0.15, 0.2) is 30.3 Å². The first kappa shape index (κ1) is 14.9. The van der Waals surface area contributed by atoms with Gasteiger partial charge in [-0.15, -0.1) is 0 Å². The van der Waals surface area contributed by atoms with E-state index in [0.717, 1.165) is 32.1 Å². The Morgan fingerprint density at radius 1 is 0.955 bits per heavy atom. The van der Waals surface area contributed by atoms with E-state index in [1.54, 1.807) is 0 Å². The summed E-state index contributed by atoms with van der Waals surface area (Å²) < 4.78 is 0. The molecule has 3 N–H and O–H groups in total. The van der Waals surface area contributed by atoms with Crippen molar-refractivity contribution < 1.29 is 9.59 Å². The molecule has 0 spiro atoms. The fraction of sp³-hybridized carbons (Fsp3) is 0.529. The van der Waals surface area contributed by atoms with Crippen LogP contribution in [0, 0.1) is 5.92 Å². The van der Waals surface area contributed by atoms with Gasteiger partial charge in [0.05, 0.1) is 0 Å². The highest BCUT2D eigenvalue weighted by Crippen LogP contribution is 2.47. The van der Waals surface area contributed by atoms with Gasteiger partial charge in [-0.2, -0.15) is 0 Å². The van der Waals surface area contributed by atoms with Crippen molar-refractivity contribution in [1.82, 2.24) is 16.2 Å². The quantitative estimate of drug-likeness (QED) is 0.751. The van der Waals surface area contributed by atoms with Gasteiger partial charge in [-0.1, -0.05) is 49.6 Å². The molecule has 1 aromatic rings. The molecule has 5 nitrogen and oxygen atoms in total. The van der Waals surface area contributed by atoms with Gasteiger partial charge in [0.2, 0.25) is 5.91 Å². The number of benzene rings is 1. The molecule has 0 aromatic heterocycles. The lowest BCUT2D eigenvalue weighted by Crippen LogP contribution is -2.50. The Morgan fingerprint density at radius 3 is 2.41 bits per heavy atom. The van der Waals surface area contributed by atoms with E-state index >= 15 is 0 Å². The predicted octanol–water partition coefficient (Wildman–Crippen LogP) is 2.45. The van der Waals surface area contributed by atoms with Gasteiger partial charge in [0.25, 0.3) is 0 Å². The number of hydrogen-bond acceptors (Lipinski definition) is 2. The van der Waals surface area contributed by atoms with Crippen molar-refractivity contribution in [3.63, 3.8) is 0 Å². The van der Waals surface area contributed by atoms with Crippen LogP contribution in [0.5, 0.6) is 0 Å². The second-order valence-electron chi connectivity index (χ2n) is 6.28. The average molecular weight is 301 g/mol. The van der Waals surface area contributed by atoms with Crippen molar-refractivity contribution in [2.45, 2.75) is 50.5 Å². The SMILES string of the molecule is O=C(NNC(=O)[C@@H]1C[C@@H]1c1ccccc1)NC1CCCCC1. The summed E-state index contributed by atoms with van der Waals surface area (Å²) in [5.41, 5.74) is 6.20. The molecule has 5 heteroatoms. The van der Waals surface area contributed by atoms with Crippen molar-refractivity contribution in [2.24, 2.45) is 5.92 Å². The summed E-state index contributed by atoms with van der Waals surface area (Å²) in [6.07, 6.45) is 6.48. The van der Waals surface area contributed by atoms with E-state index in [-0.39, 0.29) is 29.8 Å². The van der Waals surface area contributed by atoms with Gasteiger partial charge < -0.3 is 5.32 Å². The summed E-state index contributed by atoms with van der Waals surface area (Å²) in [6, 6.07) is 9.96. The van der Waals surface area contributed by atoms with E-state index in [1.807, 2.05) is 30.3 Å². The summed E-state index contributed by atoms with van der Waals surface area (Å²) in [5.74, 6) is 0.148. The Labute approximate surface area is 130 Å². The molecule has 2 aliphatic rings. The summed E-state index contributed by atoms with van der Waals surface area (Å²) in [7, 11) is 0. The van der Waals surface area contributed by atoms with Gasteiger partial charge in [-0.25, -0.2) is 10.2 Å². The minimum atomic E-state index is -0.308. The minimum absolute atomic E-state index is 0.0302. The number of carbonyl (C=O) groups excluding carboxylic acids is 2. The molecule has 2 atom stereocenters. The van der Waals surface area contributed by atoms with Crippen molar-refractivity contribution >= 4 is 11.9 Å². The highest BCUT2D eigenvalue weighted by Gasteiger charge is 2.43. The fourth-order valence-electron chi connectivity index (χ4n) is 3.23. The molecule has 3 rings (SSSR count). The van der Waals surface area contributed by atoms with Crippen LogP contribution >= 0.6 is 0 Å². The van der Waals surface area contributed by atoms with Gasteiger partial charge in [0.1, 0.15) is 0 Å². The summed E-state index contributed by atoms with van der Waals surface area (Å²) in [6.45, 7) is 0. The molecule has 2 fully saturated rings. The molecule has 0 saturated heterocycles. The van der Waals surface area contributed by atoms with Crippen LogP contribution < -0.4 is 16.2 Å². The number of hydrazine groups is 1. The molecule has 1 aromatic carbocycles. The Balaban J connectivity index is 1.39. The zero-order valence-corrected chi connectivity index (χ0v) is 12.7. The second-order valence-corrected chi connectivity index (χ2v) is 6.28. The molecule has 0 heterocycles. The van der Waals surface area contributed by atoms with E-state index in [4.69, 9.17) is 0 Å². The number of rotatable bonds is 3. The van der Waals surface area contributed by atoms with Crippen molar-refractivity contribution in [1.29, 1.82) is 0 Å². The maximum absolute atomic E-state index is 12.0. The number of amides is 3. The molecular formula is C17H23N3O2. The molecule has 3 amide bonds. The summed E-state index contributed by atoms with van der Waals surface area (Å²) >= 11 is 0. The maximum atomic E-state index is 12.0. The zero-order valence-electron chi connectivity index (χ0n) is 12.7. The lowest BCUT2D eigenvalue weighted by molar-refractivity contribution is -0.123. The molecule has 0 unspecified atom stereocenters. The van der Waals surface area contributed by atoms with Gasteiger partial charge >= 0.3 is 6.03 Å². The molecule has 0 aliphatic heterocycles. The van der Waals surface area contributed by atoms with Crippen molar-refractivity contribution in [3.05, 3.63) is 35.9 Å².